The van der Waals surface area contributed by atoms with Crippen molar-refractivity contribution >= 4 is 22.3 Å². The number of halogens is 16. The van der Waals surface area contributed by atoms with E-state index in [9.17, 15) is 65.9 Å². The zero-order valence-corrected chi connectivity index (χ0v) is 12.4. The third kappa shape index (κ3) is 2.95. The van der Waals surface area contributed by atoms with Crippen LogP contribution in [0.15, 0.2) is 0 Å². The molecule has 0 radical (unpaired) electrons. The molecule has 0 saturated carbocycles. The molecule has 0 aliphatic carbocycles. The van der Waals surface area contributed by atoms with E-state index in [4.69, 9.17) is 0 Å². The Bertz CT molecular complexity index is 376. The first-order valence-corrected chi connectivity index (χ1v) is 10.4. The van der Waals surface area contributed by atoms with Crippen molar-refractivity contribution in [1.82, 2.24) is 0 Å². The molecule has 0 heterocycles. The molecule has 0 amide bonds. The van der Waals surface area contributed by atoms with Gasteiger partial charge in [0, 0.05) is 0 Å². The normalized spacial score (nSPS) is 16.7. The molecule has 0 nitrogen and oxygen atoms in total. The van der Waals surface area contributed by atoms with Gasteiger partial charge >= 0.3 is 121 Å². The summed E-state index contributed by atoms with van der Waals surface area (Å²) in [5, 5.41) is 0. The van der Waals surface area contributed by atoms with Gasteiger partial charge in [0.2, 0.25) is 0 Å². The van der Waals surface area contributed by atoms with E-state index in [-0.39, 0.29) is 0 Å². The predicted octanol–water partition coefficient (Wildman–Crippen LogP) is 5.38. The van der Waals surface area contributed by atoms with Crippen molar-refractivity contribution < 1.29 is 65.9 Å². The van der Waals surface area contributed by atoms with E-state index < -0.39 is 45.1 Å². The first kappa shape index (κ1) is 22.8. The van der Waals surface area contributed by atoms with Crippen molar-refractivity contribution in [1.29, 1.82) is 0 Å². The zero-order valence-electron chi connectivity index (χ0n) is 9.55. The van der Waals surface area contributed by atoms with Gasteiger partial charge in [0.25, 0.3) is 0 Å². The second-order valence-electron chi connectivity index (χ2n) is 3.87. The van der Waals surface area contributed by atoms with E-state index >= 15 is 0 Å². The van der Waals surface area contributed by atoms with E-state index in [0.717, 1.165) is 0 Å². The molecule has 0 spiro atoms. The summed E-state index contributed by atoms with van der Waals surface area (Å²) in [6, 6.07) is 0. The summed E-state index contributed by atoms with van der Waals surface area (Å²) in [4.78, 5) is 0. The van der Waals surface area contributed by atoms with Gasteiger partial charge in [-0.15, -0.1) is 0 Å². The fraction of sp³-hybridized carbons (Fsp3) is 1.00. The molecule has 0 saturated heterocycles. The van der Waals surface area contributed by atoms with Crippen molar-refractivity contribution in [3.05, 3.63) is 0 Å². The van der Waals surface area contributed by atoms with Crippen LogP contribution >= 0.6 is 10.0 Å². The molecule has 0 unspecified atom stereocenters. The Morgan fingerprint density at radius 2 is 0.522 bits per heavy atom. The molecule has 0 N–H and O–H groups in total. The monoisotopic (exact) mass is 466 g/mol. The Morgan fingerprint density at radius 1 is 0.391 bits per heavy atom. The number of alkyl halides is 15. The first-order valence-electron chi connectivity index (χ1n) is 4.52. The number of hydrogen-bond acceptors (Lipinski definition) is 0. The van der Waals surface area contributed by atoms with Crippen LogP contribution in [0.25, 0.3) is 0 Å². The number of rotatable bonds is 3. The minimum atomic E-state index is -10.4. The second-order valence-corrected chi connectivity index (χ2v) is 13.5. The van der Waals surface area contributed by atoms with E-state index in [1.165, 1.54) is 0 Å². The van der Waals surface area contributed by atoms with Crippen LogP contribution in [0.2, 0.25) is 0 Å². The Balaban J connectivity index is 6.97. The molecule has 0 fully saturated rings. The SMILES string of the molecule is FC(F)(F)[C](F)(F)[Ge]([Cl])([C](F)(F)C(F)(F)F)[C](F)(F)C(F)(F)F. The van der Waals surface area contributed by atoms with Gasteiger partial charge in [-0.2, -0.15) is 0 Å². The molecule has 0 bridgehead atoms. The second kappa shape index (κ2) is 5.39. The third-order valence-electron chi connectivity index (χ3n) is 2.37. The third-order valence-corrected chi connectivity index (χ3v) is 13.3. The van der Waals surface area contributed by atoms with E-state index in [1.807, 2.05) is 0 Å². The van der Waals surface area contributed by atoms with Crippen molar-refractivity contribution in [2.24, 2.45) is 0 Å². The van der Waals surface area contributed by atoms with Gasteiger partial charge in [-0.1, -0.05) is 0 Å². The average Bonchev–Trinajstić information content (AvgIpc) is 2.22. The Kier molecular flexibility index (Phi) is 5.34. The fourth-order valence-electron chi connectivity index (χ4n) is 1.18. The van der Waals surface area contributed by atoms with Crippen LogP contribution < -0.4 is 0 Å². The summed E-state index contributed by atoms with van der Waals surface area (Å²) in [7, 11) is 3.65. The van der Waals surface area contributed by atoms with Gasteiger partial charge in [0.05, 0.1) is 0 Å². The first-order chi connectivity index (χ1) is 9.50. The summed E-state index contributed by atoms with van der Waals surface area (Å²) in [6.45, 7) is 0. The molecule has 0 aromatic heterocycles. The summed E-state index contributed by atoms with van der Waals surface area (Å²) >= 11 is -10.4. The van der Waals surface area contributed by atoms with Crippen molar-refractivity contribution in [3.63, 3.8) is 0 Å². The standard InChI is InChI=1S/C6ClF15Ge/c7-23(4(17,18)1(8,9)10,5(19,20)2(11,12)13)6(21,22)3(14,15)16. The van der Waals surface area contributed by atoms with Crippen LogP contribution in [-0.2, 0) is 0 Å². The number of hydrogen-bond donors (Lipinski definition) is 0. The van der Waals surface area contributed by atoms with Crippen molar-refractivity contribution in [2.45, 2.75) is 32.8 Å². The zero-order chi connectivity index (χ0) is 19.5. The molecular weight excluding hydrogens is 465 g/mol. The van der Waals surface area contributed by atoms with E-state index in [1.54, 1.807) is 0 Å². The molecule has 0 aliphatic heterocycles. The van der Waals surface area contributed by atoms with Gasteiger partial charge < -0.3 is 0 Å². The van der Waals surface area contributed by atoms with Gasteiger partial charge in [0.15, 0.2) is 0 Å². The predicted molar refractivity (Wildman–Crippen MR) is 44.6 cm³/mol. The molecule has 0 rings (SSSR count). The Labute approximate surface area is 122 Å². The van der Waals surface area contributed by atoms with Gasteiger partial charge in [-0.3, -0.25) is 0 Å². The summed E-state index contributed by atoms with van der Waals surface area (Å²) in [6.07, 6.45) is -22.8. The molecule has 0 aliphatic rings. The fourth-order valence-corrected chi connectivity index (χ4v) is 7.79. The molecular formula is C6ClF15Ge. The van der Waals surface area contributed by atoms with Crippen LogP contribution in [0.4, 0.5) is 65.9 Å². The van der Waals surface area contributed by atoms with E-state index in [0.29, 0.717) is 0 Å². The van der Waals surface area contributed by atoms with Gasteiger partial charge in [-0.25, -0.2) is 0 Å². The molecule has 23 heavy (non-hydrogen) atoms. The quantitative estimate of drug-likeness (QED) is 0.388. The molecule has 17 heteroatoms. The van der Waals surface area contributed by atoms with E-state index in [2.05, 4.69) is 10.0 Å². The summed E-state index contributed by atoms with van der Waals surface area (Å²) in [5.74, 6) is 0. The van der Waals surface area contributed by atoms with Gasteiger partial charge in [-0.05, 0) is 0 Å². The van der Waals surface area contributed by atoms with Crippen molar-refractivity contribution in [3.8, 4) is 0 Å². The topological polar surface area (TPSA) is 0 Å². The van der Waals surface area contributed by atoms with Crippen molar-refractivity contribution in [2.75, 3.05) is 0 Å². The molecule has 0 atom stereocenters. The van der Waals surface area contributed by atoms with Gasteiger partial charge in [0.1, 0.15) is 0 Å². The van der Waals surface area contributed by atoms with Crippen LogP contribution in [0.1, 0.15) is 0 Å². The van der Waals surface area contributed by atoms with Crippen LogP contribution in [0, 0.1) is 0 Å². The molecule has 0 aromatic rings. The maximum atomic E-state index is 12.9. The van der Waals surface area contributed by atoms with Crippen LogP contribution in [-0.4, -0.2) is 45.1 Å². The summed E-state index contributed by atoms with van der Waals surface area (Å²) in [5.41, 5.74) is 0. The average molecular weight is 465 g/mol. The Morgan fingerprint density at radius 3 is 0.609 bits per heavy atom. The maximum absolute atomic E-state index is 12.9. The molecule has 0 aromatic carbocycles. The minimum absolute atomic E-state index is 3.65. The summed E-state index contributed by atoms with van der Waals surface area (Å²) < 4.78 is 162. The van der Waals surface area contributed by atoms with Crippen LogP contribution in [0.5, 0.6) is 0 Å². The Hall–Kier alpha value is -0.217. The van der Waals surface area contributed by atoms with Crippen LogP contribution in [0.3, 0.4) is 0 Å². The molecule has 140 valence electrons.